The Morgan fingerprint density at radius 2 is 2.00 bits per heavy atom. The number of aromatic nitrogens is 1. The van der Waals surface area contributed by atoms with Crippen molar-refractivity contribution in [2.75, 3.05) is 19.8 Å². The quantitative estimate of drug-likeness (QED) is 0.491. The van der Waals surface area contributed by atoms with Gasteiger partial charge in [-0.2, -0.15) is 0 Å². The van der Waals surface area contributed by atoms with Gasteiger partial charge in [-0.1, -0.05) is 13.0 Å². The molecular weight excluding hydrogens is 286 g/mol. The van der Waals surface area contributed by atoms with E-state index in [2.05, 4.69) is 11.9 Å². The fraction of sp³-hybridized carbons (Fsp3) is 0.600. The van der Waals surface area contributed by atoms with Gasteiger partial charge in [0.25, 0.3) is 0 Å². The molecule has 0 aromatic carbocycles. The Hall–Kier alpha value is -1.24. The highest BCUT2D eigenvalue weighted by atomic mass is 28.3. The summed E-state index contributed by atoms with van der Waals surface area (Å²) < 4.78 is 16.5. The number of nitrogens with zero attached hydrogens (tertiary/aromatic N) is 1. The molecule has 1 unspecified atom stereocenters. The first-order chi connectivity index (χ1) is 10.2. The van der Waals surface area contributed by atoms with Gasteiger partial charge in [0.1, 0.15) is 0 Å². The van der Waals surface area contributed by atoms with E-state index in [1.54, 1.807) is 6.20 Å². The third kappa shape index (κ3) is 7.36. The van der Waals surface area contributed by atoms with E-state index in [0.717, 1.165) is 12.1 Å². The monoisotopic (exact) mass is 310 g/mol. The van der Waals surface area contributed by atoms with Crippen LogP contribution in [0.2, 0.25) is 5.54 Å². The predicted octanol–water partition coefficient (Wildman–Crippen LogP) is 2.51. The van der Waals surface area contributed by atoms with Gasteiger partial charge in [-0.05, 0) is 32.4 Å². The summed E-state index contributed by atoms with van der Waals surface area (Å²) in [5.74, 6) is -0.248. The molecule has 1 rings (SSSR count). The van der Waals surface area contributed by atoms with E-state index in [9.17, 15) is 4.79 Å². The van der Waals surface area contributed by atoms with E-state index >= 15 is 0 Å². The molecule has 0 aliphatic heterocycles. The van der Waals surface area contributed by atoms with Crippen molar-refractivity contribution in [3.63, 3.8) is 0 Å². The summed E-state index contributed by atoms with van der Waals surface area (Å²) in [7, 11) is -1.28. The lowest BCUT2D eigenvalue weighted by Gasteiger charge is -2.19. The minimum absolute atomic E-state index is 0.212. The van der Waals surface area contributed by atoms with Gasteiger partial charge in [0.05, 0.1) is 18.7 Å². The van der Waals surface area contributed by atoms with Gasteiger partial charge in [-0.3, -0.25) is 9.78 Å². The van der Waals surface area contributed by atoms with Crippen LogP contribution >= 0.6 is 0 Å². The zero-order chi connectivity index (χ0) is 15.5. The summed E-state index contributed by atoms with van der Waals surface area (Å²) in [4.78, 5) is 15.8. The lowest BCUT2D eigenvalue weighted by Crippen LogP contribution is -2.28. The first-order valence-corrected chi connectivity index (χ1v) is 8.74. The van der Waals surface area contributed by atoms with Crippen LogP contribution in [-0.4, -0.2) is 40.1 Å². The van der Waals surface area contributed by atoms with Crippen LogP contribution in [0.3, 0.4) is 0 Å². The van der Waals surface area contributed by atoms with Crippen LogP contribution in [0.15, 0.2) is 24.4 Å². The van der Waals surface area contributed by atoms with Crippen LogP contribution in [0.1, 0.15) is 32.9 Å². The first-order valence-electron chi connectivity index (χ1n) is 7.35. The van der Waals surface area contributed by atoms with Crippen LogP contribution in [0.25, 0.3) is 0 Å². The average molecular weight is 310 g/mol. The van der Waals surface area contributed by atoms with Crippen molar-refractivity contribution < 1.29 is 18.4 Å². The van der Waals surface area contributed by atoms with Crippen LogP contribution in [0.4, 0.5) is 0 Å². The summed E-state index contributed by atoms with van der Waals surface area (Å²) in [5.41, 5.74) is 1.00. The second-order valence-electron chi connectivity index (χ2n) is 4.59. The molecule has 1 radical (unpaired) electrons. The summed E-state index contributed by atoms with van der Waals surface area (Å²) >= 11 is 0. The van der Waals surface area contributed by atoms with E-state index in [1.807, 2.05) is 32.0 Å². The number of ether oxygens (including phenoxy) is 1. The molecular formula is C15H24NO4Si. The summed E-state index contributed by atoms with van der Waals surface area (Å²) in [6.07, 6.45) is 2.63. The van der Waals surface area contributed by atoms with E-state index < -0.39 is 9.28 Å². The maximum Gasteiger partial charge on any atom is 0.387 e. The highest BCUT2D eigenvalue weighted by molar-refractivity contribution is 6.46. The molecule has 0 saturated heterocycles. The third-order valence-electron chi connectivity index (χ3n) is 2.84. The third-order valence-corrected chi connectivity index (χ3v) is 5.08. The summed E-state index contributed by atoms with van der Waals surface area (Å²) in [5, 5.41) is 0. The van der Waals surface area contributed by atoms with Crippen LogP contribution in [0, 0.1) is 0 Å². The van der Waals surface area contributed by atoms with Crippen molar-refractivity contribution in [1.82, 2.24) is 4.98 Å². The second kappa shape index (κ2) is 10.5. The van der Waals surface area contributed by atoms with Gasteiger partial charge in [-0.15, -0.1) is 0 Å². The Balaban J connectivity index is 2.26. The Morgan fingerprint density at radius 3 is 2.57 bits per heavy atom. The standard InChI is InChI=1S/C15H24NO4Si/c1-4-19-21(20-5-2)13(3)9-11-18-15(17)12-14-8-6-7-10-16-14/h6-8,10,13H,4-5,9,11-12H2,1-3H3. The molecule has 6 heteroatoms. The van der Waals surface area contributed by atoms with Crippen molar-refractivity contribution in [2.45, 2.75) is 39.2 Å². The molecule has 0 spiro atoms. The number of carbonyl (C=O) groups is 1. The Morgan fingerprint density at radius 1 is 1.29 bits per heavy atom. The molecule has 5 nitrogen and oxygen atoms in total. The fourth-order valence-corrected chi connectivity index (χ4v) is 3.35. The number of rotatable bonds is 10. The van der Waals surface area contributed by atoms with Crippen LogP contribution in [-0.2, 0) is 24.8 Å². The second-order valence-corrected chi connectivity index (χ2v) is 6.79. The fourth-order valence-electron chi connectivity index (χ4n) is 1.78. The molecule has 0 aliphatic carbocycles. The van der Waals surface area contributed by atoms with Crippen molar-refractivity contribution in [1.29, 1.82) is 0 Å². The Kier molecular flexibility index (Phi) is 8.89. The van der Waals surface area contributed by atoms with Gasteiger partial charge < -0.3 is 13.6 Å². The van der Waals surface area contributed by atoms with Crippen molar-refractivity contribution in [2.24, 2.45) is 0 Å². The van der Waals surface area contributed by atoms with Crippen LogP contribution in [0.5, 0.6) is 0 Å². The van der Waals surface area contributed by atoms with Crippen molar-refractivity contribution in [3.8, 4) is 0 Å². The Bertz CT molecular complexity index is 396. The molecule has 21 heavy (non-hydrogen) atoms. The number of hydrogen-bond donors (Lipinski definition) is 0. The van der Waals surface area contributed by atoms with Crippen LogP contribution < -0.4 is 0 Å². The molecule has 0 fully saturated rings. The lowest BCUT2D eigenvalue weighted by atomic mass is 10.3. The summed E-state index contributed by atoms with van der Waals surface area (Å²) in [6.45, 7) is 7.69. The number of carbonyl (C=O) groups excluding carboxylic acids is 1. The van der Waals surface area contributed by atoms with Gasteiger partial charge in [0.15, 0.2) is 0 Å². The smallest absolute Gasteiger partial charge is 0.387 e. The predicted molar refractivity (Wildman–Crippen MR) is 81.9 cm³/mol. The van der Waals surface area contributed by atoms with E-state index in [1.165, 1.54) is 0 Å². The molecule has 0 N–H and O–H groups in total. The topological polar surface area (TPSA) is 57.7 Å². The molecule has 0 aliphatic rings. The van der Waals surface area contributed by atoms with Gasteiger partial charge in [0, 0.05) is 25.0 Å². The van der Waals surface area contributed by atoms with Gasteiger partial charge >= 0.3 is 15.3 Å². The molecule has 0 bridgehead atoms. The van der Waals surface area contributed by atoms with E-state index in [0.29, 0.717) is 19.8 Å². The minimum atomic E-state index is -1.28. The van der Waals surface area contributed by atoms with Crippen molar-refractivity contribution in [3.05, 3.63) is 30.1 Å². The minimum Gasteiger partial charge on any atom is -0.465 e. The highest BCUT2D eigenvalue weighted by Crippen LogP contribution is 2.16. The first kappa shape index (κ1) is 17.8. The zero-order valence-electron chi connectivity index (χ0n) is 13.0. The molecule has 0 saturated carbocycles. The Labute approximate surface area is 128 Å². The molecule has 1 aromatic heterocycles. The SMILES string of the molecule is CCO[Si](OCC)C(C)CCOC(=O)Cc1ccccn1. The largest absolute Gasteiger partial charge is 0.465 e. The molecule has 117 valence electrons. The molecule has 1 atom stereocenters. The van der Waals surface area contributed by atoms with Gasteiger partial charge in [0.2, 0.25) is 0 Å². The maximum absolute atomic E-state index is 11.7. The molecule has 1 aromatic rings. The zero-order valence-corrected chi connectivity index (χ0v) is 14.0. The van der Waals surface area contributed by atoms with Crippen molar-refractivity contribution >= 4 is 15.3 Å². The normalized spacial score (nSPS) is 12.4. The highest BCUT2D eigenvalue weighted by Gasteiger charge is 2.23. The molecule has 1 heterocycles. The van der Waals surface area contributed by atoms with E-state index in [-0.39, 0.29) is 17.9 Å². The van der Waals surface area contributed by atoms with E-state index in [4.69, 9.17) is 13.6 Å². The van der Waals surface area contributed by atoms with Gasteiger partial charge in [-0.25, -0.2) is 0 Å². The number of esters is 1. The number of hydrogen-bond acceptors (Lipinski definition) is 5. The summed E-state index contributed by atoms with van der Waals surface area (Å²) in [6, 6.07) is 5.49. The number of pyridine rings is 1. The molecule has 0 amide bonds. The average Bonchev–Trinajstić information content (AvgIpc) is 2.48. The lowest BCUT2D eigenvalue weighted by molar-refractivity contribution is -0.143. The maximum atomic E-state index is 11.7.